The first-order chi connectivity index (χ1) is 13.7. The van der Waals surface area contributed by atoms with Crippen LogP contribution in [0.25, 0.3) is 5.69 Å². The maximum atomic E-state index is 14.4. The standard InChI is InChI=1S/C22H22F2N2O3/c1-13-4-6-17(7-5-13)26-18(9-15(3)25-26)12-29-21-19(23)10-16(11-20(21)24)8-14(2)22(27)28/h4-7,9-11,14H,8,12H2,1-3H3,(H,27,28). The van der Waals surface area contributed by atoms with Crippen LogP contribution < -0.4 is 4.74 Å². The molecule has 0 fully saturated rings. The van der Waals surface area contributed by atoms with Gasteiger partial charge in [0, 0.05) is 0 Å². The fraction of sp³-hybridized carbons (Fsp3) is 0.273. The monoisotopic (exact) mass is 400 g/mol. The van der Waals surface area contributed by atoms with E-state index in [1.807, 2.05) is 38.1 Å². The van der Waals surface area contributed by atoms with Crippen LogP contribution in [0.5, 0.6) is 5.75 Å². The van der Waals surface area contributed by atoms with Crippen LogP contribution in [0.1, 0.15) is 29.4 Å². The number of halogens is 2. The number of hydrogen-bond acceptors (Lipinski definition) is 3. The Hall–Kier alpha value is -3.22. The summed E-state index contributed by atoms with van der Waals surface area (Å²) >= 11 is 0. The lowest BCUT2D eigenvalue weighted by Gasteiger charge is -2.13. The van der Waals surface area contributed by atoms with Gasteiger partial charge in [-0.3, -0.25) is 4.79 Å². The summed E-state index contributed by atoms with van der Waals surface area (Å²) in [5, 5.41) is 13.4. The average molecular weight is 400 g/mol. The molecule has 0 saturated carbocycles. The van der Waals surface area contributed by atoms with Gasteiger partial charge in [-0.15, -0.1) is 0 Å². The molecule has 0 bridgehead atoms. The molecule has 152 valence electrons. The number of carbonyl (C=O) groups is 1. The Kier molecular flexibility index (Phi) is 5.96. The number of rotatable bonds is 7. The number of hydrogen-bond donors (Lipinski definition) is 1. The maximum absolute atomic E-state index is 14.4. The molecular formula is C22H22F2N2O3. The van der Waals surface area contributed by atoms with E-state index in [1.165, 1.54) is 6.92 Å². The van der Waals surface area contributed by atoms with Crippen LogP contribution >= 0.6 is 0 Å². The zero-order chi connectivity index (χ0) is 21.1. The maximum Gasteiger partial charge on any atom is 0.306 e. The summed E-state index contributed by atoms with van der Waals surface area (Å²) in [7, 11) is 0. The van der Waals surface area contributed by atoms with E-state index in [0.29, 0.717) is 5.69 Å². The van der Waals surface area contributed by atoms with Gasteiger partial charge in [0.2, 0.25) is 0 Å². The molecule has 7 heteroatoms. The number of aryl methyl sites for hydroxylation is 2. The van der Waals surface area contributed by atoms with Crippen LogP contribution in [0, 0.1) is 31.4 Å². The predicted molar refractivity (Wildman–Crippen MR) is 104 cm³/mol. The van der Waals surface area contributed by atoms with E-state index in [1.54, 1.807) is 10.7 Å². The van der Waals surface area contributed by atoms with Crippen molar-refractivity contribution in [2.24, 2.45) is 5.92 Å². The number of carboxylic acids is 1. The van der Waals surface area contributed by atoms with Gasteiger partial charge in [0.05, 0.1) is 23.0 Å². The zero-order valence-corrected chi connectivity index (χ0v) is 16.4. The summed E-state index contributed by atoms with van der Waals surface area (Å²) in [6.07, 6.45) is 0.0306. The highest BCUT2D eigenvalue weighted by atomic mass is 19.1. The molecule has 0 amide bonds. The smallest absolute Gasteiger partial charge is 0.306 e. The van der Waals surface area contributed by atoms with Gasteiger partial charge in [-0.05, 0) is 56.2 Å². The molecule has 0 radical (unpaired) electrons. The Labute approximate surface area is 167 Å². The molecule has 0 aliphatic carbocycles. The van der Waals surface area contributed by atoms with Gasteiger partial charge >= 0.3 is 5.97 Å². The summed E-state index contributed by atoms with van der Waals surface area (Å²) < 4.78 is 35.9. The lowest BCUT2D eigenvalue weighted by Crippen LogP contribution is -2.13. The highest BCUT2D eigenvalue weighted by molar-refractivity contribution is 5.69. The topological polar surface area (TPSA) is 64.4 Å². The third-order valence-corrected chi connectivity index (χ3v) is 4.57. The second-order valence-electron chi connectivity index (χ2n) is 7.15. The van der Waals surface area contributed by atoms with Gasteiger partial charge in [0.1, 0.15) is 6.61 Å². The Morgan fingerprint density at radius 3 is 2.34 bits per heavy atom. The summed E-state index contributed by atoms with van der Waals surface area (Å²) in [5.74, 6) is -3.99. The SMILES string of the molecule is Cc1ccc(-n2nc(C)cc2COc2c(F)cc(CC(C)C(=O)O)cc2F)cc1. The number of aliphatic carboxylic acids is 1. The molecule has 1 aromatic heterocycles. The number of aromatic nitrogens is 2. The number of carboxylic acid groups (broad SMARTS) is 1. The largest absolute Gasteiger partial charge is 0.481 e. The molecule has 0 spiro atoms. The number of benzene rings is 2. The molecule has 0 aliphatic heterocycles. The quantitative estimate of drug-likeness (QED) is 0.629. The molecule has 5 nitrogen and oxygen atoms in total. The van der Waals surface area contributed by atoms with Crippen molar-refractivity contribution in [3.05, 3.63) is 76.6 Å². The molecule has 0 saturated heterocycles. The Bertz CT molecular complexity index is 1010. The fourth-order valence-electron chi connectivity index (χ4n) is 3.02. The van der Waals surface area contributed by atoms with Gasteiger partial charge in [0.25, 0.3) is 0 Å². The molecule has 1 heterocycles. The highest BCUT2D eigenvalue weighted by Crippen LogP contribution is 2.26. The lowest BCUT2D eigenvalue weighted by atomic mass is 10.0. The molecule has 3 aromatic rings. The molecule has 2 aromatic carbocycles. The van der Waals surface area contributed by atoms with Gasteiger partial charge in [-0.1, -0.05) is 24.6 Å². The molecule has 1 N–H and O–H groups in total. The number of nitrogens with zero attached hydrogens (tertiary/aromatic N) is 2. The van der Waals surface area contributed by atoms with Crippen LogP contribution in [-0.2, 0) is 17.8 Å². The van der Waals surface area contributed by atoms with Crippen molar-refractivity contribution in [3.8, 4) is 11.4 Å². The van der Waals surface area contributed by atoms with E-state index < -0.39 is 29.3 Å². The van der Waals surface area contributed by atoms with Crippen molar-refractivity contribution >= 4 is 5.97 Å². The Morgan fingerprint density at radius 2 is 1.76 bits per heavy atom. The third kappa shape index (κ3) is 4.80. The lowest BCUT2D eigenvalue weighted by molar-refractivity contribution is -0.141. The second-order valence-corrected chi connectivity index (χ2v) is 7.15. The summed E-state index contributed by atoms with van der Waals surface area (Å²) in [4.78, 5) is 10.9. The van der Waals surface area contributed by atoms with E-state index in [2.05, 4.69) is 5.10 Å². The zero-order valence-electron chi connectivity index (χ0n) is 16.4. The minimum Gasteiger partial charge on any atom is -0.481 e. The van der Waals surface area contributed by atoms with Crippen LogP contribution in [0.3, 0.4) is 0 Å². The summed E-state index contributed by atoms with van der Waals surface area (Å²) in [6, 6.07) is 11.7. The van der Waals surface area contributed by atoms with Crippen LogP contribution in [-0.4, -0.2) is 20.9 Å². The molecule has 0 aliphatic rings. The van der Waals surface area contributed by atoms with Gasteiger partial charge in [-0.2, -0.15) is 5.10 Å². The fourth-order valence-corrected chi connectivity index (χ4v) is 3.02. The minimum atomic E-state index is -1.02. The summed E-state index contributed by atoms with van der Waals surface area (Å²) in [6.45, 7) is 5.22. The average Bonchev–Trinajstić information content (AvgIpc) is 3.02. The van der Waals surface area contributed by atoms with E-state index in [9.17, 15) is 13.6 Å². The van der Waals surface area contributed by atoms with Crippen molar-refractivity contribution in [2.45, 2.75) is 33.8 Å². The molecular weight excluding hydrogens is 378 g/mol. The summed E-state index contributed by atoms with van der Waals surface area (Å²) in [5.41, 5.74) is 3.60. The molecule has 1 atom stereocenters. The highest BCUT2D eigenvalue weighted by Gasteiger charge is 2.18. The van der Waals surface area contributed by atoms with E-state index in [0.717, 1.165) is 29.1 Å². The van der Waals surface area contributed by atoms with E-state index >= 15 is 0 Å². The van der Waals surface area contributed by atoms with Crippen molar-refractivity contribution in [1.82, 2.24) is 9.78 Å². The minimum absolute atomic E-state index is 0.0306. The molecule has 1 unspecified atom stereocenters. The van der Waals surface area contributed by atoms with Gasteiger partial charge in [0.15, 0.2) is 17.4 Å². The first kappa shape index (κ1) is 20.5. The van der Waals surface area contributed by atoms with Gasteiger partial charge in [-0.25, -0.2) is 13.5 Å². The normalized spacial score (nSPS) is 12.0. The van der Waals surface area contributed by atoms with Crippen LogP contribution in [0.15, 0.2) is 42.5 Å². The van der Waals surface area contributed by atoms with Crippen LogP contribution in [0.4, 0.5) is 8.78 Å². The Morgan fingerprint density at radius 1 is 1.14 bits per heavy atom. The van der Waals surface area contributed by atoms with Crippen LogP contribution in [0.2, 0.25) is 0 Å². The second kappa shape index (κ2) is 8.43. The Balaban J connectivity index is 1.80. The predicted octanol–water partition coefficient (Wildman–Crippen LogP) is 4.61. The van der Waals surface area contributed by atoms with Crippen molar-refractivity contribution in [2.75, 3.05) is 0 Å². The van der Waals surface area contributed by atoms with E-state index in [4.69, 9.17) is 9.84 Å². The first-order valence-electron chi connectivity index (χ1n) is 9.20. The van der Waals surface area contributed by atoms with Crippen molar-refractivity contribution < 1.29 is 23.4 Å². The van der Waals surface area contributed by atoms with E-state index in [-0.39, 0.29) is 18.6 Å². The molecule has 3 rings (SSSR count). The van der Waals surface area contributed by atoms with Crippen molar-refractivity contribution in [3.63, 3.8) is 0 Å². The number of ether oxygens (including phenoxy) is 1. The molecule has 29 heavy (non-hydrogen) atoms. The first-order valence-corrected chi connectivity index (χ1v) is 9.20. The van der Waals surface area contributed by atoms with Gasteiger partial charge < -0.3 is 9.84 Å². The third-order valence-electron chi connectivity index (χ3n) is 4.57. The van der Waals surface area contributed by atoms with Crippen molar-refractivity contribution in [1.29, 1.82) is 0 Å².